The van der Waals surface area contributed by atoms with Crippen molar-refractivity contribution >= 4 is 6.03 Å². The molecular weight excluding hydrogens is 176 g/mol. The normalized spacial score (nSPS) is 25.9. The highest BCUT2D eigenvalue weighted by molar-refractivity contribution is 5.74. The van der Waals surface area contributed by atoms with Crippen LogP contribution >= 0.6 is 0 Å². The van der Waals surface area contributed by atoms with Gasteiger partial charge in [0.15, 0.2) is 0 Å². The third kappa shape index (κ3) is 3.05. The first-order chi connectivity index (χ1) is 6.84. The molecule has 0 bridgehead atoms. The third-order valence-corrected chi connectivity index (χ3v) is 2.84. The highest BCUT2D eigenvalue weighted by Crippen LogP contribution is 2.19. The number of carbonyl (C=O) groups is 1. The fourth-order valence-corrected chi connectivity index (χ4v) is 1.74. The molecule has 2 N–H and O–H groups in total. The minimum absolute atomic E-state index is 0.0158. The van der Waals surface area contributed by atoms with E-state index >= 15 is 0 Å². The average molecular weight is 194 g/mol. The molecular formula is C11H18N2O. The minimum atomic E-state index is 0.0158. The molecule has 0 spiro atoms. The van der Waals surface area contributed by atoms with Gasteiger partial charge in [-0.15, -0.1) is 0 Å². The molecule has 3 nitrogen and oxygen atoms in total. The first-order valence-corrected chi connectivity index (χ1v) is 5.54. The van der Waals surface area contributed by atoms with Gasteiger partial charge < -0.3 is 10.6 Å². The predicted octanol–water partition coefficient (Wildman–Crippen LogP) is 1.80. The van der Waals surface area contributed by atoms with E-state index in [1.807, 2.05) is 0 Å². The Morgan fingerprint density at radius 1 is 1.29 bits per heavy atom. The predicted molar refractivity (Wildman–Crippen MR) is 56.0 cm³/mol. The molecule has 2 rings (SSSR count). The zero-order chi connectivity index (χ0) is 9.80. The zero-order valence-electron chi connectivity index (χ0n) is 8.46. The van der Waals surface area contributed by atoms with Crippen LogP contribution in [0.25, 0.3) is 0 Å². The number of rotatable bonds is 3. The SMILES string of the molecule is O=C(NCC1CC=CCC1)NC1CC1. The number of allylic oxidation sites excluding steroid dienone is 2. The molecule has 0 radical (unpaired) electrons. The second-order valence-electron chi connectivity index (χ2n) is 4.28. The second kappa shape index (κ2) is 4.49. The molecule has 14 heavy (non-hydrogen) atoms. The van der Waals surface area contributed by atoms with Crippen LogP contribution in [-0.2, 0) is 0 Å². The Morgan fingerprint density at radius 3 is 2.79 bits per heavy atom. The molecule has 2 aliphatic carbocycles. The summed E-state index contributed by atoms with van der Waals surface area (Å²) in [5.74, 6) is 0.643. The van der Waals surface area contributed by atoms with Gasteiger partial charge in [0.2, 0.25) is 0 Å². The molecule has 1 atom stereocenters. The van der Waals surface area contributed by atoms with Crippen molar-refractivity contribution in [3.63, 3.8) is 0 Å². The van der Waals surface area contributed by atoms with Gasteiger partial charge in [0.1, 0.15) is 0 Å². The van der Waals surface area contributed by atoms with E-state index in [1.54, 1.807) is 0 Å². The van der Waals surface area contributed by atoms with Crippen LogP contribution in [0.5, 0.6) is 0 Å². The van der Waals surface area contributed by atoms with Crippen molar-refractivity contribution < 1.29 is 4.79 Å². The summed E-state index contributed by atoms with van der Waals surface area (Å²) in [7, 11) is 0. The molecule has 0 aliphatic heterocycles. The topological polar surface area (TPSA) is 41.1 Å². The van der Waals surface area contributed by atoms with Crippen LogP contribution in [0.15, 0.2) is 12.2 Å². The lowest BCUT2D eigenvalue weighted by Gasteiger charge is -2.18. The maximum absolute atomic E-state index is 11.3. The summed E-state index contributed by atoms with van der Waals surface area (Å²) >= 11 is 0. The molecule has 2 aliphatic rings. The summed E-state index contributed by atoms with van der Waals surface area (Å²) in [6, 6.07) is 0.475. The fourth-order valence-electron chi connectivity index (χ4n) is 1.74. The molecule has 0 aromatic heterocycles. The van der Waals surface area contributed by atoms with Crippen LogP contribution in [0.1, 0.15) is 32.1 Å². The fraction of sp³-hybridized carbons (Fsp3) is 0.727. The number of carbonyl (C=O) groups excluding carboxylic acids is 1. The van der Waals surface area contributed by atoms with Gasteiger partial charge in [-0.1, -0.05) is 12.2 Å². The van der Waals surface area contributed by atoms with Gasteiger partial charge >= 0.3 is 6.03 Å². The van der Waals surface area contributed by atoms with Crippen LogP contribution in [0, 0.1) is 5.92 Å². The maximum atomic E-state index is 11.3. The molecule has 0 aromatic rings. The van der Waals surface area contributed by atoms with Gasteiger partial charge in [-0.25, -0.2) is 4.79 Å². The van der Waals surface area contributed by atoms with Gasteiger partial charge in [-0.2, -0.15) is 0 Å². The van der Waals surface area contributed by atoms with E-state index in [0.717, 1.165) is 32.2 Å². The third-order valence-electron chi connectivity index (χ3n) is 2.84. The quantitative estimate of drug-likeness (QED) is 0.661. The van der Waals surface area contributed by atoms with E-state index in [0.29, 0.717) is 12.0 Å². The lowest BCUT2D eigenvalue weighted by atomic mass is 9.94. The number of nitrogens with one attached hydrogen (secondary N) is 2. The molecule has 1 fully saturated rings. The summed E-state index contributed by atoms with van der Waals surface area (Å²) < 4.78 is 0. The van der Waals surface area contributed by atoms with E-state index in [1.165, 1.54) is 6.42 Å². The summed E-state index contributed by atoms with van der Waals surface area (Å²) in [5.41, 5.74) is 0. The number of hydrogen-bond donors (Lipinski definition) is 2. The van der Waals surface area contributed by atoms with Crippen LogP contribution in [-0.4, -0.2) is 18.6 Å². The Hall–Kier alpha value is -0.990. The van der Waals surface area contributed by atoms with Crippen molar-refractivity contribution in [2.45, 2.75) is 38.1 Å². The lowest BCUT2D eigenvalue weighted by molar-refractivity contribution is 0.238. The molecule has 1 saturated carbocycles. The number of urea groups is 1. The standard InChI is InChI=1S/C11H18N2O/c14-11(13-10-6-7-10)12-8-9-4-2-1-3-5-9/h1-2,9-10H,3-8H2,(H2,12,13,14). The number of hydrogen-bond acceptors (Lipinski definition) is 1. The second-order valence-corrected chi connectivity index (χ2v) is 4.28. The Kier molecular flexibility index (Phi) is 3.07. The van der Waals surface area contributed by atoms with Gasteiger partial charge in [0.05, 0.1) is 0 Å². The van der Waals surface area contributed by atoms with Crippen LogP contribution < -0.4 is 10.6 Å². The van der Waals surface area contributed by atoms with Gasteiger partial charge in [-0.3, -0.25) is 0 Å². The molecule has 2 amide bonds. The van der Waals surface area contributed by atoms with Crippen molar-refractivity contribution in [2.24, 2.45) is 5.92 Å². The smallest absolute Gasteiger partial charge is 0.315 e. The Labute approximate surface area is 84.9 Å². The summed E-state index contributed by atoms with van der Waals surface area (Å²) in [5, 5.41) is 5.87. The zero-order valence-corrected chi connectivity index (χ0v) is 8.46. The summed E-state index contributed by atoms with van der Waals surface area (Å²) in [6.45, 7) is 0.822. The number of amides is 2. The van der Waals surface area contributed by atoms with E-state index in [9.17, 15) is 4.79 Å². The largest absolute Gasteiger partial charge is 0.338 e. The van der Waals surface area contributed by atoms with E-state index in [2.05, 4.69) is 22.8 Å². The van der Waals surface area contributed by atoms with E-state index in [4.69, 9.17) is 0 Å². The Balaban J connectivity index is 1.60. The minimum Gasteiger partial charge on any atom is -0.338 e. The molecule has 3 heteroatoms. The van der Waals surface area contributed by atoms with Crippen LogP contribution in [0.2, 0.25) is 0 Å². The molecule has 0 saturated heterocycles. The molecule has 78 valence electrons. The van der Waals surface area contributed by atoms with Gasteiger partial charge in [0.25, 0.3) is 0 Å². The average Bonchev–Trinajstić information content (AvgIpc) is 3.00. The van der Waals surface area contributed by atoms with Crippen molar-refractivity contribution in [3.8, 4) is 0 Å². The molecule has 1 unspecified atom stereocenters. The Bertz CT molecular complexity index is 233. The lowest BCUT2D eigenvalue weighted by Crippen LogP contribution is -2.39. The van der Waals surface area contributed by atoms with Crippen molar-refractivity contribution in [2.75, 3.05) is 6.54 Å². The molecule has 0 heterocycles. The first kappa shape index (κ1) is 9.56. The Morgan fingerprint density at radius 2 is 2.14 bits per heavy atom. The molecule has 0 aromatic carbocycles. The summed E-state index contributed by atoms with van der Waals surface area (Å²) in [4.78, 5) is 11.3. The summed E-state index contributed by atoms with van der Waals surface area (Å²) in [6.07, 6.45) is 10.2. The van der Waals surface area contributed by atoms with E-state index < -0.39 is 0 Å². The van der Waals surface area contributed by atoms with Crippen LogP contribution in [0.3, 0.4) is 0 Å². The monoisotopic (exact) mass is 194 g/mol. The van der Waals surface area contributed by atoms with Crippen molar-refractivity contribution in [1.29, 1.82) is 0 Å². The maximum Gasteiger partial charge on any atom is 0.315 e. The van der Waals surface area contributed by atoms with E-state index in [-0.39, 0.29) is 6.03 Å². The van der Waals surface area contributed by atoms with Crippen molar-refractivity contribution in [1.82, 2.24) is 10.6 Å². The van der Waals surface area contributed by atoms with Gasteiger partial charge in [0, 0.05) is 12.6 Å². The van der Waals surface area contributed by atoms with Gasteiger partial charge in [-0.05, 0) is 38.0 Å². The first-order valence-electron chi connectivity index (χ1n) is 5.54. The highest BCUT2D eigenvalue weighted by Gasteiger charge is 2.23. The highest BCUT2D eigenvalue weighted by atomic mass is 16.2. The van der Waals surface area contributed by atoms with Crippen LogP contribution in [0.4, 0.5) is 4.79 Å². The van der Waals surface area contributed by atoms with Crippen molar-refractivity contribution in [3.05, 3.63) is 12.2 Å².